The van der Waals surface area contributed by atoms with Gasteiger partial charge in [-0.1, -0.05) is 35.9 Å². The third-order valence-corrected chi connectivity index (χ3v) is 5.44. The van der Waals surface area contributed by atoms with E-state index in [0.717, 1.165) is 16.0 Å². The van der Waals surface area contributed by atoms with Gasteiger partial charge in [0, 0.05) is 0 Å². The predicted molar refractivity (Wildman–Crippen MR) is 120 cm³/mol. The first-order valence-electron chi connectivity index (χ1n) is 9.80. The molecule has 2 heterocycles. The summed E-state index contributed by atoms with van der Waals surface area (Å²) >= 11 is 3.47. The molecule has 1 N–H and O–H groups in total. The van der Waals surface area contributed by atoms with Gasteiger partial charge in [0.15, 0.2) is 0 Å². The van der Waals surface area contributed by atoms with Gasteiger partial charge < -0.3 is 9.15 Å². The first-order chi connectivity index (χ1) is 15.4. The van der Waals surface area contributed by atoms with Crippen LogP contribution in [0.3, 0.4) is 0 Å². The summed E-state index contributed by atoms with van der Waals surface area (Å²) in [6.45, 7) is 2.36. The third kappa shape index (κ3) is 4.81. The van der Waals surface area contributed by atoms with Gasteiger partial charge in [0.25, 0.3) is 11.8 Å². The van der Waals surface area contributed by atoms with Crippen molar-refractivity contribution in [3.63, 3.8) is 0 Å². The number of carbonyl (C=O) groups excluding carboxylic acids is 3. The van der Waals surface area contributed by atoms with E-state index >= 15 is 0 Å². The van der Waals surface area contributed by atoms with Crippen molar-refractivity contribution in [1.82, 2.24) is 10.2 Å². The number of nitrogens with one attached hydrogen (secondary N) is 1. The minimum absolute atomic E-state index is 0.0717. The number of urea groups is 1. The lowest BCUT2D eigenvalue weighted by molar-refractivity contribution is -0.130. The zero-order valence-electron chi connectivity index (χ0n) is 17.1. The molecule has 0 saturated carbocycles. The number of ether oxygens (including phenoxy) is 1. The first-order valence-corrected chi connectivity index (χ1v) is 10.6. The van der Waals surface area contributed by atoms with Crippen LogP contribution < -0.4 is 10.1 Å². The maximum atomic E-state index is 12.8. The van der Waals surface area contributed by atoms with E-state index in [9.17, 15) is 14.4 Å². The SMILES string of the molecule is Cc1cccc(COc2ccc(C=C3C(=O)NC(=O)N(Cc4ccco4)C3=O)cc2Br)c1. The van der Waals surface area contributed by atoms with Crippen LogP contribution in [0.1, 0.15) is 22.5 Å². The fraction of sp³-hybridized carbons (Fsp3) is 0.125. The number of hydrogen-bond acceptors (Lipinski definition) is 5. The second kappa shape index (κ2) is 9.23. The Hall–Kier alpha value is -3.65. The fourth-order valence-corrected chi connectivity index (χ4v) is 3.76. The summed E-state index contributed by atoms with van der Waals surface area (Å²) in [7, 11) is 0. The molecule has 0 spiro atoms. The highest BCUT2D eigenvalue weighted by Gasteiger charge is 2.36. The maximum absolute atomic E-state index is 12.8. The van der Waals surface area contributed by atoms with Crippen LogP contribution in [0.25, 0.3) is 6.08 Å². The number of benzene rings is 2. The highest BCUT2D eigenvalue weighted by Crippen LogP contribution is 2.28. The number of hydrogen-bond donors (Lipinski definition) is 1. The van der Waals surface area contributed by atoms with E-state index in [1.807, 2.05) is 25.1 Å². The average Bonchev–Trinajstić information content (AvgIpc) is 3.27. The molecule has 3 aromatic rings. The number of halogens is 1. The van der Waals surface area contributed by atoms with Gasteiger partial charge >= 0.3 is 6.03 Å². The van der Waals surface area contributed by atoms with Crippen molar-refractivity contribution in [2.45, 2.75) is 20.1 Å². The molecule has 4 rings (SSSR count). The number of nitrogens with zero attached hydrogens (tertiary/aromatic N) is 1. The molecule has 0 atom stereocenters. The maximum Gasteiger partial charge on any atom is 0.331 e. The van der Waals surface area contributed by atoms with Gasteiger partial charge in [-0.05, 0) is 64.3 Å². The Labute approximate surface area is 192 Å². The molecule has 32 heavy (non-hydrogen) atoms. The minimum Gasteiger partial charge on any atom is -0.488 e. The van der Waals surface area contributed by atoms with Crippen LogP contribution in [0, 0.1) is 6.92 Å². The van der Waals surface area contributed by atoms with Crippen LogP contribution in [-0.4, -0.2) is 22.7 Å². The number of furan rings is 1. The lowest BCUT2D eigenvalue weighted by Gasteiger charge is -2.25. The molecule has 1 aromatic heterocycles. The van der Waals surface area contributed by atoms with E-state index in [0.29, 0.717) is 28.2 Å². The molecule has 0 unspecified atom stereocenters. The number of aryl methyl sites for hydroxylation is 1. The Morgan fingerprint density at radius 2 is 1.94 bits per heavy atom. The van der Waals surface area contributed by atoms with Gasteiger partial charge in [-0.2, -0.15) is 0 Å². The Kier molecular flexibility index (Phi) is 6.23. The lowest BCUT2D eigenvalue weighted by atomic mass is 10.1. The average molecular weight is 495 g/mol. The molecule has 8 heteroatoms. The highest BCUT2D eigenvalue weighted by molar-refractivity contribution is 9.10. The van der Waals surface area contributed by atoms with Crippen LogP contribution in [-0.2, 0) is 22.7 Å². The molecule has 2 aromatic carbocycles. The third-order valence-electron chi connectivity index (χ3n) is 4.82. The van der Waals surface area contributed by atoms with E-state index < -0.39 is 17.8 Å². The van der Waals surface area contributed by atoms with E-state index in [2.05, 4.69) is 27.3 Å². The van der Waals surface area contributed by atoms with Crippen molar-refractivity contribution in [1.29, 1.82) is 0 Å². The first kappa shape index (κ1) is 21.6. The molecule has 162 valence electrons. The zero-order valence-corrected chi connectivity index (χ0v) is 18.7. The summed E-state index contributed by atoms with van der Waals surface area (Å²) in [6.07, 6.45) is 2.89. The summed E-state index contributed by atoms with van der Waals surface area (Å²) in [5.74, 6) is -0.375. The van der Waals surface area contributed by atoms with Crippen LogP contribution in [0.15, 0.2) is 75.3 Å². The van der Waals surface area contributed by atoms with Crippen molar-refractivity contribution in [2.24, 2.45) is 0 Å². The molecule has 0 aliphatic carbocycles. The van der Waals surface area contributed by atoms with E-state index in [-0.39, 0.29) is 12.1 Å². The topological polar surface area (TPSA) is 88.8 Å². The summed E-state index contributed by atoms with van der Waals surface area (Å²) in [4.78, 5) is 38.2. The van der Waals surface area contributed by atoms with Gasteiger partial charge in [-0.15, -0.1) is 0 Å². The largest absolute Gasteiger partial charge is 0.488 e. The normalized spacial score (nSPS) is 15.2. The van der Waals surface area contributed by atoms with Crippen LogP contribution in [0.4, 0.5) is 4.79 Å². The van der Waals surface area contributed by atoms with Gasteiger partial charge in [0.05, 0.1) is 17.3 Å². The van der Waals surface area contributed by atoms with Gasteiger partial charge in [-0.3, -0.25) is 19.8 Å². The number of carbonyl (C=O) groups is 3. The molecular weight excluding hydrogens is 476 g/mol. The van der Waals surface area contributed by atoms with Crippen molar-refractivity contribution in [3.05, 3.63) is 93.4 Å². The molecule has 1 saturated heterocycles. The van der Waals surface area contributed by atoms with Gasteiger partial charge in [0.2, 0.25) is 0 Å². The van der Waals surface area contributed by atoms with E-state index in [4.69, 9.17) is 9.15 Å². The van der Waals surface area contributed by atoms with Crippen LogP contribution in [0.5, 0.6) is 5.75 Å². The van der Waals surface area contributed by atoms with E-state index in [1.165, 1.54) is 12.3 Å². The molecule has 0 radical (unpaired) electrons. The smallest absolute Gasteiger partial charge is 0.331 e. The summed E-state index contributed by atoms with van der Waals surface area (Å²) in [6, 6.07) is 15.8. The Bertz CT molecular complexity index is 1220. The second-order valence-electron chi connectivity index (χ2n) is 7.26. The Morgan fingerprint density at radius 1 is 1.09 bits per heavy atom. The molecule has 1 fully saturated rings. The predicted octanol–water partition coefficient (Wildman–Crippen LogP) is 4.59. The van der Waals surface area contributed by atoms with Crippen molar-refractivity contribution >= 4 is 39.9 Å². The summed E-state index contributed by atoms with van der Waals surface area (Å²) in [5.41, 5.74) is 2.66. The Balaban J connectivity index is 1.51. The number of barbiturate groups is 1. The Morgan fingerprint density at radius 3 is 2.66 bits per heavy atom. The number of amides is 4. The minimum atomic E-state index is -0.783. The molecule has 4 amide bonds. The van der Waals surface area contributed by atoms with Crippen molar-refractivity contribution in [3.8, 4) is 5.75 Å². The molecular formula is C24H19BrN2O5. The van der Waals surface area contributed by atoms with Crippen LogP contribution >= 0.6 is 15.9 Å². The zero-order chi connectivity index (χ0) is 22.7. The van der Waals surface area contributed by atoms with Crippen LogP contribution in [0.2, 0.25) is 0 Å². The number of imide groups is 2. The standard InChI is InChI=1S/C24H19BrN2O5/c1-15-4-2-5-17(10-15)14-32-21-8-7-16(12-20(21)25)11-19-22(28)26-24(30)27(23(19)29)13-18-6-3-9-31-18/h2-12H,13-14H2,1H3,(H,26,28,30). The van der Waals surface area contributed by atoms with Crippen molar-refractivity contribution in [2.75, 3.05) is 0 Å². The summed E-state index contributed by atoms with van der Waals surface area (Å²) in [5, 5.41) is 2.19. The van der Waals surface area contributed by atoms with Crippen molar-refractivity contribution < 1.29 is 23.5 Å². The molecule has 0 bridgehead atoms. The lowest BCUT2D eigenvalue weighted by Crippen LogP contribution is -2.53. The quantitative estimate of drug-likeness (QED) is 0.399. The second-order valence-corrected chi connectivity index (χ2v) is 8.11. The van der Waals surface area contributed by atoms with Gasteiger partial charge in [0.1, 0.15) is 23.7 Å². The highest BCUT2D eigenvalue weighted by atomic mass is 79.9. The fourth-order valence-electron chi connectivity index (χ4n) is 3.25. The van der Waals surface area contributed by atoms with E-state index in [1.54, 1.807) is 30.3 Å². The monoisotopic (exact) mass is 494 g/mol. The molecule has 7 nitrogen and oxygen atoms in total. The number of rotatable bonds is 6. The van der Waals surface area contributed by atoms with Gasteiger partial charge in [-0.25, -0.2) is 4.79 Å². The molecule has 1 aliphatic heterocycles. The summed E-state index contributed by atoms with van der Waals surface area (Å²) < 4.78 is 11.8. The molecule has 1 aliphatic rings.